The number of rotatable bonds is 3. The Bertz CT molecular complexity index is 907. The maximum Gasteiger partial charge on any atom is 0.433 e. The number of hydrogen-bond donors (Lipinski definition) is 0. The van der Waals surface area contributed by atoms with Gasteiger partial charge in [-0.3, -0.25) is 10.1 Å². The first kappa shape index (κ1) is 14.2. The number of nitrogens with zero attached hydrogens (tertiary/aromatic N) is 3. The van der Waals surface area contributed by atoms with Crippen LogP contribution in [0.1, 0.15) is 11.6 Å². The van der Waals surface area contributed by atoms with Crippen LogP contribution in [0, 0.1) is 15.9 Å². The molecule has 0 radical (unpaired) electrons. The molecule has 0 N–H and O–H groups in total. The Balaban J connectivity index is 1.95. The van der Waals surface area contributed by atoms with Crippen LogP contribution >= 0.6 is 11.6 Å². The molecule has 3 aromatic rings. The first-order valence-corrected chi connectivity index (χ1v) is 6.46. The SMILES string of the molecule is O=[N+]([O-])c1ccc(/C=C/c2nc(Cl)c3ccc(F)cc3n2)o1. The molecule has 0 unspecified atom stereocenters. The van der Waals surface area contributed by atoms with E-state index in [-0.39, 0.29) is 22.6 Å². The molecular formula is C14H7ClFN3O3. The summed E-state index contributed by atoms with van der Waals surface area (Å²) in [6, 6.07) is 6.70. The normalized spacial score (nSPS) is 11.4. The van der Waals surface area contributed by atoms with Crippen molar-refractivity contribution in [3.63, 3.8) is 0 Å². The Kier molecular flexibility index (Phi) is 3.56. The van der Waals surface area contributed by atoms with Crippen LogP contribution in [0.3, 0.4) is 0 Å². The summed E-state index contributed by atoms with van der Waals surface area (Å²) in [6.07, 6.45) is 2.93. The molecule has 2 heterocycles. The summed E-state index contributed by atoms with van der Waals surface area (Å²) in [7, 11) is 0. The average Bonchev–Trinajstić information content (AvgIpc) is 2.93. The second kappa shape index (κ2) is 5.53. The van der Waals surface area contributed by atoms with Crippen molar-refractivity contribution >= 4 is 40.5 Å². The van der Waals surface area contributed by atoms with E-state index in [9.17, 15) is 14.5 Å². The smallest absolute Gasteiger partial charge is 0.401 e. The van der Waals surface area contributed by atoms with E-state index in [1.165, 1.54) is 42.5 Å². The van der Waals surface area contributed by atoms with Crippen LogP contribution in [0.4, 0.5) is 10.3 Å². The molecule has 0 aliphatic rings. The predicted molar refractivity (Wildman–Crippen MR) is 78.8 cm³/mol. The number of fused-ring (bicyclic) bond motifs is 1. The summed E-state index contributed by atoms with van der Waals surface area (Å²) in [5.41, 5.74) is 0.366. The van der Waals surface area contributed by atoms with Crippen LogP contribution in [0.25, 0.3) is 23.1 Å². The average molecular weight is 320 g/mol. The molecule has 0 fully saturated rings. The Hall–Kier alpha value is -2.80. The topological polar surface area (TPSA) is 82.1 Å². The minimum atomic E-state index is -0.635. The summed E-state index contributed by atoms with van der Waals surface area (Å²) < 4.78 is 18.2. The van der Waals surface area contributed by atoms with Crippen LogP contribution in [-0.4, -0.2) is 14.9 Å². The molecule has 0 aliphatic carbocycles. The van der Waals surface area contributed by atoms with Gasteiger partial charge in [-0.2, -0.15) is 0 Å². The minimum absolute atomic E-state index is 0.190. The summed E-state index contributed by atoms with van der Waals surface area (Å²) in [5, 5.41) is 11.2. The molecule has 8 heteroatoms. The third-order valence-corrected chi connectivity index (χ3v) is 3.11. The highest BCUT2D eigenvalue weighted by Gasteiger charge is 2.10. The number of halogens is 2. The second-order valence-electron chi connectivity index (χ2n) is 4.30. The lowest BCUT2D eigenvalue weighted by atomic mass is 10.2. The third kappa shape index (κ3) is 2.79. The largest absolute Gasteiger partial charge is 0.433 e. The molecule has 22 heavy (non-hydrogen) atoms. The Morgan fingerprint density at radius 3 is 2.77 bits per heavy atom. The fourth-order valence-electron chi connectivity index (χ4n) is 1.84. The molecule has 0 atom stereocenters. The van der Waals surface area contributed by atoms with E-state index in [0.717, 1.165) is 0 Å². The number of aromatic nitrogens is 2. The number of nitro groups is 1. The van der Waals surface area contributed by atoms with E-state index in [2.05, 4.69) is 9.97 Å². The fraction of sp³-hybridized carbons (Fsp3) is 0. The molecule has 3 rings (SSSR count). The van der Waals surface area contributed by atoms with E-state index in [0.29, 0.717) is 10.9 Å². The van der Waals surface area contributed by atoms with Gasteiger partial charge in [-0.05, 0) is 30.4 Å². The third-order valence-electron chi connectivity index (χ3n) is 2.82. The van der Waals surface area contributed by atoms with E-state index in [4.69, 9.17) is 16.0 Å². The van der Waals surface area contributed by atoms with Gasteiger partial charge in [0.1, 0.15) is 21.7 Å². The van der Waals surface area contributed by atoms with E-state index in [1.54, 1.807) is 0 Å². The molecular weight excluding hydrogens is 313 g/mol. The minimum Gasteiger partial charge on any atom is -0.401 e. The van der Waals surface area contributed by atoms with E-state index >= 15 is 0 Å². The maximum absolute atomic E-state index is 13.2. The van der Waals surface area contributed by atoms with Gasteiger partial charge in [-0.1, -0.05) is 11.6 Å². The molecule has 1 aromatic carbocycles. The molecule has 0 saturated carbocycles. The van der Waals surface area contributed by atoms with Gasteiger partial charge in [0, 0.05) is 11.5 Å². The monoisotopic (exact) mass is 319 g/mol. The van der Waals surface area contributed by atoms with Gasteiger partial charge in [-0.15, -0.1) is 0 Å². The van der Waals surface area contributed by atoms with Crippen molar-refractivity contribution in [1.29, 1.82) is 0 Å². The molecule has 6 nitrogen and oxygen atoms in total. The van der Waals surface area contributed by atoms with Crippen LogP contribution in [-0.2, 0) is 0 Å². The predicted octanol–water partition coefficient (Wildman–Crippen LogP) is 4.09. The van der Waals surface area contributed by atoms with Crippen LogP contribution in [0.2, 0.25) is 5.15 Å². The zero-order valence-corrected chi connectivity index (χ0v) is 11.6. The van der Waals surface area contributed by atoms with Crippen LogP contribution in [0.5, 0.6) is 0 Å². The lowest BCUT2D eigenvalue weighted by Crippen LogP contribution is -1.91. The van der Waals surface area contributed by atoms with Gasteiger partial charge in [0.05, 0.1) is 11.6 Å². The Morgan fingerprint density at radius 1 is 1.23 bits per heavy atom. The lowest BCUT2D eigenvalue weighted by Gasteiger charge is -2.01. The highest BCUT2D eigenvalue weighted by Crippen LogP contribution is 2.22. The Morgan fingerprint density at radius 2 is 2.05 bits per heavy atom. The first-order chi connectivity index (χ1) is 10.5. The molecule has 2 aromatic heterocycles. The number of benzene rings is 1. The molecule has 0 bridgehead atoms. The zero-order chi connectivity index (χ0) is 15.7. The number of hydrogen-bond acceptors (Lipinski definition) is 5. The van der Waals surface area contributed by atoms with Crippen LogP contribution < -0.4 is 0 Å². The molecule has 0 spiro atoms. The van der Waals surface area contributed by atoms with E-state index in [1.807, 2.05) is 0 Å². The van der Waals surface area contributed by atoms with Crippen molar-refractivity contribution in [3.8, 4) is 0 Å². The summed E-state index contributed by atoms with van der Waals surface area (Å²) in [6.45, 7) is 0. The second-order valence-corrected chi connectivity index (χ2v) is 4.66. The van der Waals surface area contributed by atoms with Crippen molar-refractivity contribution in [1.82, 2.24) is 9.97 Å². The Labute approximate surface area is 128 Å². The summed E-state index contributed by atoms with van der Waals surface area (Å²) >= 11 is 6.02. The van der Waals surface area contributed by atoms with Gasteiger partial charge < -0.3 is 4.42 Å². The quantitative estimate of drug-likeness (QED) is 0.412. The van der Waals surface area contributed by atoms with Gasteiger partial charge in [0.25, 0.3) is 0 Å². The first-order valence-electron chi connectivity index (χ1n) is 6.08. The van der Waals surface area contributed by atoms with Crippen molar-refractivity contribution in [2.75, 3.05) is 0 Å². The highest BCUT2D eigenvalue weighted by molar-refractivity contribution is 6.34. The van der Waals surface area contributed by atoms with Gasteiger partial charge in [0.15, 0.2) is 5.82 Å². The van der Waals surface area contributed by atoms with Crippen molar-refractivity contribution in [3.05, 3.63) is 63.0 Å². The number of furan rings is 1. The molecule has 0 saturated heterocycles. The van der Waals surface area contributed by atoms with Crippen molar-refractivity contribution in [2.45, 2.75) is 0 Å². The zero-order valence-electron chi connectivity index (χ0n) is 10.9. The van der Waals surface area contributed by atoms with E-state index < -0.39 is 10.7 Å². The molecule has 0 aliphatic heterocycles. The highest BCUT2D eigenvalue weighted by atomic mass is 35.5. The summed E-state index contributed by atoms with van der Waals surface area (Å²) in [4.78, 5) is 18.1. The summed E-state index contributed by atoms with van der Waals surface area (Å²) in [5.74, 6) is -0.286. The maximum atomic E-state index is 13.2. The van der Waals surface area contributed by atoms with Crippen molar-refractivity contribution in [2.24, 2.45) is 0 Å². The fourth-order valence-corrected chi connectivity index (χ4v) is 2.09. The van der Waals surface area contributed by atoms with Gasteiger partial charge in [-0.25, -0.2) is 14.4 Å². The van der Waals surface area contributed by atoms with Gasteiger partial charge in [0.2, 0.25) is 0 Å². The lowest BCUT2D eigenvalue weighted by molar-refractivity contribution is -0.402. The standard InChI is InChI=1S/C14H7ClFN3O3/c15-14-10-4-1-8(16)7-11(10)17-12(18-14)5-2-9-3-6-13(22-9)19(20)21/h1-7H/b5-2+. The molecule has 110 valence electrons. The van der Waals surface area contributed by atoms with Crippen LogP contribution in [0.15, 0.2) is 34.7 Å². The molecule has 0 amide bonds. The van der Waals surface area contributed by atoms with Gasteiger partial charge >= 0.3 is 5.88 Å². The van der Waals surface area contributed by atoms with Crippen molar-refractivity contribution < 1.29 is 13.7 Å².